The highest BCUT2D eigenvalue weighted by atomic mass is 19.1. The van der Waals surface area contributed by atoms with Crippen LogP contribution in [-0.2, 0) is 7.05 Å². The van der Waals surface area contributed by atoms with Gasteiger partial charge in [-0.2, -0.15) is 0 Å². The van der Waals surface area contributed by atoms with Gasteiger partial charge in [0.1, 0.15) is 11.3 Å². The van der Waals surface area contributed by atoms with E-state index in [0.29, 0.717) is 30.1 Å². The standard InChI is InChI=1S/C19H18FN5O2/c1-23-17-15(25(18(23)26)19(27)24-10-2-3-11-24)12-21-16(22-17)9-6-13-4-7-14(20)8-5-13/h4-9,12H,2-3,10-11H2,1H3. The third-order valence-electron chi connectivity index (χ3n) is 4.67. The van der Waals surface area contributed by atoms with Crippen LogP contribution in [0.15, 0.2) is 35.3 Å². The van der Waals surface area contributed by atoms with Gasteiger partial charge in [-0.15, -0.1) is 0 Å². The van der Waals surface area contributed by atoms with Crippen molar-refractivity contribution in [1.82, 2.24) is 24.0 Å². The second kappa shape index (κ2) is 6.79. The van der Waals surface area contributed by atoms with Crippen molar-refractivity contribution >= 4 is 29.3 Å². The Hall–Kier alpha value is -3.29. The Morgan fingerprint density at radius 1 is 1.15 bits per heavy atom. The van der Waals surface area contributed by atoms with E-state index in [-0.39, 0.29) is 11.8 Å². The molecule has 1 aromatic carbocycles. The first-order chi connectivity index (χ1) is 13.0. The van der Waals surface area contributed by atoms with E-state index in [1.54, 1.807) is 36.2 Å². The Bertz CT molecular complexity index is 1090. The fraction of sp³-hybridized carbons (Fsp3) is 0.263. The molecule has 8 heteroatoms. The number of hydrogen-bond acceptors (Lipinski definition) is 4. The fourth-order valence-corrected chi connectivity index (χ4v) is 3.19. The van der Waals surface area contributed by atoms with E-state index in [4.69, 9.17) is 0 Å². The zero-order valence-electron chi connectivity index (χ0n) is 14.8. The molecule has 7 nitrogen and oxygen atoms in total. The molecule has 0 bridgehead atoms. The highest BCUT2D eigenvalue weighted by Gasteiger charge is 2.25. The molecule has 0 aliphatic carbocycles. The van der Waals surface area contributed by atoms with Crippen LogP contribution < -0.4 is 5.69 Å². The van der Waals surface area contributed by atoms with E-state index >= 15 is 0 Å². The predicted octanol–water partition coefficient (Wildman–Crippen LogP) is 2.50. The quantitative estimate of drug-likeness (QED) is 0.698. The molecule has 1 amide bonds. The number of likely N-dealkylation sites (tertiary alicyclic amines) is 1. The molecule has 138 valence electrons. The van der Waals surface area contributed by atoms with Crippen LogP contribution in [0.5, 0.6) is 0 Å². The number of aryl methyl sites for hydroxylation is 1. The monoisotopic (exact) mass is 367 g/mol. The summed E-state index contributed by atoms with van der Waals surface area (Å²) >= 11 is 0. The highest BCUT2D eigenvalue weighted by molar-refractivity contribution is 5.88. The maximum absolute atomic E-state index is 13.0. The number of benzene rings is 1. The summed E-state index contributed by atoms with van der Waals surface area (Å²) in [4.78, 5) is 35.6. The Labute approximate surface area is 154 Å². The summed E-state index contributed by atoms with van der Waals surface area (Å²) in [6.45, 7) is 1.31. The number of hydrogen-bond donors (Lipinski definition) is 0. The van der Waals surface area contributed by atoms with Gasteiger partial charge in [-0.05, 0) is 36.6 Å². The predicted molar refractivity (Wildman–Crippen MR) is 99.7 cm³/mol. The van der Waals surface area contributed by atoms with Gasteiger partial charge in [0.2, 0.25) is 0 Å². The van der Waals surface area contributed by atoms with Crippen molar-refractivity contribution < 1.29 is 9.18 Å². The molecular weight excluding hydrogens is 349 g/mol. The molecule has 2 aromatic heterocycles. The molecule has 1 saturated heterocycles. The number of fused-ring (bicyclic) bond motifs is 1. The molecule has 27 heavy (non-hydrogen) atoms. The highest BCUT2D eigenvalue weighted by Crippen LogP contribution is 2.15. The van der Waals surface area contributed by atoms with Gasteiger partial charge in [0.05, 0.1) is 6.20 Å². The number of rotatable bonds is 2. The Morgan fingerprint density at radius 3 is 2.56 bits per heavy atom. The van der Waals surface area contributed by atoms with Crippen LogP contribution in [0, 0.1) is 5.82 Å². The zero-order valence-corrected chi connectivity index (χ0v) is 14.8. The lowest BCUT2D eigenvalue weighted by atomic mass is 10.2. The van der Waals surface area contributed by atoms with Gasteiger partial charge in [0.25, 0.3) is 0 Å². The van der Waals surface area contributed by atoms with Crippen molar-refractivity contribution in [3.05, 3.63) is 58.2 Å². The first-order valence-electron chi connectivity index (χ1n) is 8.72. The molecule has 1 aliphatic heterocycles. The summed E-state index contributed by atoms with van der Waals surface area (Å²) < 4.78 is 15.5. The number of carbonyl (C=O) groups excluding carboxylic acids is 1. The average Bonchev–Trinajstić information content (AvgIpc) is 3.29. The molecule has 0 N–H and O–H groups in total. The molecule has 3 aromatic rings. The normalized spacial score (nSPS) is 14.5. The minimum absolute atomic E-state index is 0.302. The molecule has 1 aliphatic rings. The lowest BCUT2D eigenvalue weighted by Crippen LogP contribution is -2.38. The van der Waals surface area contributed by atoms with Gasteiger partial charge in [-0.1, -0.05) is 18.2 Å². The molecular formula is C19H18FN5O2. The van der Waals surface area contributed by atoms with Crippen LogP contribution >= 0.6 is 0 Å². The van der Waals surface area contributed by atoms with Crippen molar-refractivity contribution in [3.8, 4) is 0 Å². The van der Waals surface area contributed by atoms with Gasteiger partial charge in [0.15, 0.2) is 11.5 Å². The average molecular weight is 367 g/mol. The minimum Gasteiger partial charge on any atom is -0.324 e. The molecule has 0 saturated carbocycles. The van der Waals surface area contributed by atoms with Gasteiger partial charge in [-0.3, -0.25) is 4.57 Å². The van der Waals surface area contributed by atoms with Crippen LogP contribution in [0.4, 0.5) is 9.18 Å². The number of amides is 1. The van der Waals surface area contributed by atoms with Crippen LogP contribution in [0.25, 0.3) is 23.3 Å². The number of imidazole rings is 1. The minimum atomic E-state index is -0.434. The van der Waals surface area contributed by atoms with Crippen LogP contribution in [0.3, 0.4) is 0 Å². The third-order valence-corrected chi connectivity index (χ3v) is 4.67. The lowest BCUT2D eigenvalue weighted by molar-refractivity contribution is 0.210. The second-order valence-electron chi connectivity index (χ2n) is 6.48. The van der Waals surface area contributed by atoms with E-state index < -0.39 is 5.69 Å². The molecule has 1 fully saturated rings. The summed E-state index contributed by atoms with van der Waals surface area (Å²) in [6, 6.07) is 5.70. The molecule has 0 spiro atoms. The molecule has 0 radical (unpaired) electrons. The van der Waals surface area contributed by atoms with E-state index in [9.17, 15) is 14.0 Å². The van der Waals surface area contributed by atoms with Gasteiger partial charge in [0, 0.05) is 20.1 Å². The van der Waals surface area contributed by atoms with Gasteiger partial charge in [-0.25, -0.2) is 28.5 Å². The third kappa shape index (κ3) is 3.14. The van der Waals surface area contributed by atoms with Crippen molar-refractivity contribution in [3.63, 3.8) is 0 Å². The summed E-state index contributed by atoms with van der Waals surface area (Å²) in [5.41, 5.74) is 1.14. The molecule has 3 heterocycles. The zero-order chi connectivity index (χ0) is 19.0. The number of nitrogens with zero attached hydrogens (tertiary/aromatic N) is 5. The van der Waals surface area contributed by atoms with Crippen LogP contribution in [-0.4, -0.2) is 43.1 Å². The van der Waals surface area contributed by atoms with E-state index in [1.807, 2.05) is 0 Å². The molecule has 0 unspecified atom stereocenters. The summed E-state index contributed by atoms with van der Waals surface area (Å²) in [5.74, 6) is 0.0945. The van der Waals surface area contributed by atoms with Crippen molar-refractivity contribution in [2.45, 2.75) is 12.8 Å². The topological polar surface area (TPSA) is 73.0 Å². The van der Waals surface area contributed by atoms with Crippen molar-refractivity contribution in [2.24, 2.45) is 7.05 Å². The van der Waals surface area contributed by atoms with Crippen molar-refractivity contribution in [2.75, 3.05) is 13.1 Å². The van der Waals surface area contributed by atoms with E-state index in [0.717, 1.165) is 23.0 Å². The van der Waals surface area contributed by atoms with E-state index in [1.165, 1.54) is 22.9 Å². The molecule has 4 rings (SSSR count). The number of aromatic nitrogens is 4. The Morgan fingerprint density at radius 2 is 1.85 bits per heavy atom. The molecule has 0 atom stereocenters. The summed E-state index contributed by atoms with van der Waals surface area (Å²) in [5, 5.41) is 0. The largest absolute Gasteiger partial charge is 0.338 e. The van der Waals surface area contributed by atoms with Gasteiger partial charge >= 0.3 is 11.7 Å². The Kier molecular flexibility index (Phi) is 4.31. The first-order valence-corrected chi connectivity index (χ1v) is 8.72. The number of carbonyl (C=O) groups is 1. The number of halogens is 1. The smallest absolute Gasteiger partial charge is 0.324 e. The Balaban J connectivity index is 1.70. The first kappa shape index (κ1) is 17.1. The van der Waals surface area contributed by atoms with E-state index in [2.05, 4.69) is 9.97 Å². The summed E-state index contributed by atoms with van der Waals surface area (Å²) in [6.07, 6.45) is 6.81. The lowest BCUT2D eigenvalue weighted by Gasteiger charge is -2.14. The maximum Gasteiger partial charge on any atom is 0.338 e. The van der Waals surface area contributed by atoms with Crippen LogP contribution in [0.1, 0.15) is 24.2 Å². The van der Waals surface area contributed by atoms with Crippen LogP contribution in [0.2, 0.25) is 0 Å². The summed E-state index contributed by atoms with van der Waals surface area (Å²) in [7, 11) is 1.58. The maximum atomic E-state index is 13.0. The fourth-order valence-electron chi connectivity index (χ4n) is 3.19. The second-order valence-corrected chi connectivity index (χ2v) is 6.48. The SMILES string of the molecule is Cn1c(=O)n(C(=O)N2CCCC2)c2cnc(C=Cc3ccc(F)cc3)nc21. The van der Waals surface area contributed by atoms with Crippen molar-refractivity contribution in [1.29, 1.82) is 0 Å². The van der Waals surface area contributed by atoms with Gasteiger partial charge < -0.3 is 4.90 Å².